The van der Waals surface area contributed by atoms with Gasteiger partial charge in [-0.3, -0.25) is 4.79 Å². The van der Waals surface area contributed by atoms with Gasteiger partial charge in [-0.15, -0.1) is 11.3 Å². The molecule has 3 nitrogen and oxygen atoms in total. The van der Waals surface area contributed by atoms with Crippen LogP contribution in [0.4, 0.5) is 13.2 Å². The first-order chi connectivity index (χ1) is 9.51. The summed E-state index contributed by atoms with van der Waals surface area (Å²) in [5.74, 6) is -4.50. The van der Waals surface area contributed by atoms with Crippen molar-refractivity contribution in [3.63, 3.8) is 0 Å². The number of thiazole rings is 1. The fraction of sp³-hybridized carbons (Fsp3) is 0.231. The van der Waals surface area contributed by atoms with Gasteiger partial charge in [-0.25, -0.2) is 18.2 Å². The molecule has 0 radical (unpaired) electrons. The zero-order valence-electron chi connectivity index (χ0n) is 10.5. The number of halogens is 3. The minimum atomic E-state index is -1.52. The van der Waals surface area contributed by atoms with Crippen LogP contribution in [0.5, 0.6) is 0 Å². The number of carbonyl (C=O) groups excluding carboxylic acids is 1. The van der Waals surface area contributed by atoms with E-state index < -0.39 is 23.4 Å². The maximum Gasteiger partial charge on any atom is 0.311 e. The monoisotopic (exact) mass is 301 g/mol. The molecular weight excluding hydrogens is 291 g/mol. The van der Waals surface area contributed by atoms with Crippen LogP contribution in [0, 0.1) is 17.5 Å². The van der Waals surface area contributed by atoms with Gasteiger partial charge in [-0.2, -0.15) is 0 Å². The number of aromatic nitrogens is 1. The summed E-state index contributed by atoms with van der Waals surface area (Å²) in [6.07, 6.45) is -0.0174. The maximum absolute atomic E-state index is 13.1. The summed E-state index contributed by atoms with van der Waals surface area (Å²) in [5.41, 5.74) is 0.565. The van der Waals surface area contributed by atoms with Crippen molar-refractivity contribution in [3.8, 4) is 10.6 Å². The molecule has 20 heavy (non-hydrogen) atoms. The van der Waals surface area contributed by atoms with Crippen LogP contribution in [0.25, 0.3) is 10.6 Å². The lowest BCUT2D eigenvalue weighted by atomic mass is 10.2. The summed E-state index contributed by atoms with van der Waals surface area (Å²) in [6.45, 7) is 1.96. The molecule has 0 amide bonds. The van der Waals surface area contributed by atoms with Crippen LogP contribution in [-0.4, -0.2) is 17.6 Å². The van der Waals surface area contributed by atoms with Gasteiger partial charge >= 0.3 is 5.97 Å². The van der Waals surface area contributed by atoms with E-state index in [2.05, 4.69) is 4.98 Å². The first-order valence-electron chi connectivity index (χ1n) is 5.76. The third-order valence-electron chi connectivity index (χ3n) is 2.41. The lowest BCUT2D eigenvalue weighted by Gasteiger charge is -2.00. The standard InChI is InChI=1S/C13H10F3NO2S/c1-2-19-11(18)5-8-6-20-13(17-8)7-3-9(14)12(16)10(15)4-7/h3-4,6H,2,5H2,1H3. The van der Waals surface area contributed by atoms with E-state index in [1.54, 1.807) is 12.3 Å². The van der Waals surface area contributed by atoms with Gasteiger partial charge in [-0.05, 0) is 19.1 Å². The van der Waals surface area contributed by atoms with Crippen molar-refractivity contribution in [1.82, 2.24) is 4.98 Å². The minimum absolute atomic E-state index is 0.0174. The van der Waals surface area contributed by atoms with Crippen molar-refractivity contribution >= 4 is 17.3 Å². The largest absolute Gasteiger partial charge is 0.466 e. The molecule has 0 N–H and O–H groups in total. The van der Waals surface area contributed by atoms with Gasteiger partial charge < -0.3 is 4.74 Å². The molecule has 2 rings (SSSR count). The van der Waals surface area contributed by atoms with Crippen molar-refractivity contribution in [2.24, 2.45) is 0 Å². The quantitative estimate of drug-likeness (QED) is 0.642. The molecule has 1 aromatic heterocycles. The minimum Gasteiger partial charge on any atom is -0.466 e. The van der Waals surface area contributed by atoms with Gasteiger partial charge in [-0.1, -0.05) is 0 Å². The molecule has 106 valence electrons. The SMILES string of the molecule is CCOC(=O)Cc1csc(-c2cc(F)c(F)c(F)c2)n1. The van der Waals surface area contributed by atoms with Crippen LogP contribution in [0.15, 0.2) is 17.5 Å². The van der Waals surface area contributed by atoms with Crippen LogP contribution in [0.1, 0.15) is 12.6 Å². The lowest BCUT2D eigenvalue weighted by molar-refractivity contribution is -0.142. The highest BCUT2D eigenvalue weighted by molar-refractivity contribution is 7.13. The molecule has 2 aromatic rings. The van der Waals surface area contributed by atoms with Gasteiger partial charge in [0.15, 0.2) is 17.5 Å². The van der Waals surface area contributed by atoms with Gasteiger partial charge in [0.25, 0.3) is 0 Å². The normalized spacial score (nSPS) is 10.6. The number of hydrogen-bond donors (Lipinski definition) is 0. The van der Waals surface area contributed by atoms with Crippen LogP contribution in [-0.2, 0) is 16.0 Å². The fourth-order valence-electron chi connectivity index (χ4n) is 1.56. The van der Waals surface area contributed by atoms with E-state index in [-0.39, 0.29) is 18.6 Å². The molecule has 7 heteroatoms. The van der Waals surface area contributed by atoms with E-state index in [0.717, 1.165) is 23.5 Å². The Morgan fingerprint density at radius 1 is 1.30 bits per heavy atom. The van der Waals surface area contributed by atoms with E-state index in [4.69, 9.17) is 4.74 Å². The van der Waals surface area contributed by atoms with Crippen LogP contribution in [0.2, 0.25) is 0 Å². The summed E-state index contributed by atoms with van der Waals surface area (Å²) in [7, 11) is 0. The Morgan fingerprint density at radius 3 is 2.55 bits per heavy atom. The molecule has 0 aliphatic carbocycles. The summed E-state index contributed by atoms with van der Waals surface area (Å²) in [4.78, 5) is 15.4. The van der Waals surface area contributed by atoms with E-state index >= 15 is 0 Å². The molecule has 0 fully saturated rings. The molecule has 0 unspecified atom stereocenters. The predicted octanol–water partition coefficient (Wildman–Crippen LogP) is 3.33. The Hall–Kier alpha value is -1.89. The number of rotatable bonds is 4. The van der Waals surface area contributed by atoms with Gasteiger partial charge in [0.2, 0.25) is 0 Å². The average Bonchev–Trinajstić information content (AvgIpc) is 2.84. The Balaban J connectivity index is 2.22. The molecule has 0 saturated carbocycles. The maximum atomic E-state index is 13.1. The Labute approximate surface area is 117 Å². The average molecular weight is 301 g/mol. The smallest absolute Gasteiger partial charge is 0.311 e. The second-order valence-electron chi connectivity index (χ2n) is 3.88. The van der Waals surface area contributed by atoms with Crippen LogP contribution >= 0.6 is 11.3 Å². The molecule has 0 spiro atoms. The van der Waals surface area contributed by atoms with Gasteiger partial charge in [0, 0.05) is 10.9 Å². The van der Waals surface area contributed by atoms with E-state index in [0.29, 0.717) is 10.7 Å². The fourth-order valence-corrected chi connectivity index (χ4v) is 2.37. The number of carbonyl (C=O) groups is 1. The second-order valence-corrected chi connectivity index (χ2v) is 4.74. The third-order valence-corrected chi connectivity index (χ3v) is 3.35. The zero-order chi connectivity index (χ0) is 14.7. The highest BCUT2D eigenvalue weighted by Gasteiger charge is 2.14. The predicted molar refractivity (Wildman–Crippen MR) is 67.8 cm³/mol. The van der Waals surface area contributed by atoms with Crippen molar-refractivity contribution in [3.05, 3.63) is 40.7 Å². The Kier molecular flexibility index (Phi) is 4.39. The van der Waals surface area contributed by atoms with Gasteiger partial charge in [0.1, 0.15) is 5.01 Å². The summed E-state index contributed by atoms with van der Waals surface area (Å²) in [5, 5.41) is 1.90. The Bertz CT molecular complexity index is 619. The third kappa shape index (κ3) is 3.16. The number of esters is 1. The first kappa shape index (κ1) is 14.5. The van der Waals surface area contributed by atoms with Crippen LogP contribution < -0.4 is 0 Å². The highest BCUT2D eigenvalue weighted by Crippen LogP contribution is 2.27. The van der Waals surface area contributed by atoms with E-state index in [1.807, 2.05) is 0 Å². The summed E-state index contributed by atoms with van der Waals surface area (Å²) >= 11 is 1.11. The zero-order valence-corrected chi connectivity index (χ0v) is 11.3. The first-order valence-corrected chi connectivity index (χ1v) is 6.64. The second kappa shape index (κ2) is 6.04. The molecule has 0 bridgehead atoms. The molecule has 1 heterocycles. The number of nitrogens with zero attached hydrogens (tertiary/aromatic N) is 1. The van der Waals surface area contributed by atoms with E-state index in [9.17, 15) is 18.0 Å². The molecular formula is C13H10F3NO2S. The summed E-state index contributed by atoms with van der Waals surface area (Å²) < 4.78 is 43.9. The lowest BCUT2D eigenvalue weighted by Crippen LogP contribution is -2.07. The molecule has 0 aliphatic rings. The van der Waals surface area contributed by atoms with Crippen molar-refractivity contribution in [1.29, 1.82) is 0 Å². The Morgan fingerprint density at radius 2 is 1.95 bits per heavy atom. The number of ether oxygens (including phenoxy) is 1. The molecule has 0 aliphatic heterocycles. The van der Waals surface area contributed by atoms with E-state index in [1.165, 1.54) is 0 Å². The molecule has 0 saturated heterocycles. The molecule has 0 atom stereocenters. The molecule has 1 aromatic carbocycles. The van der Waals surface area contributed by atoms with Crippen LogP contribution in [0.3, 0.4) is 0 Å². The number of hydrogen-bond acceptors (Lipinski definition) is 4. The van der Waals surface area contributed by atoms with Crippen molar-refractivity contribution in [2.45, 2.75) is 13.3 Å². The van der Waals surface area contributed by atoms with Gasteiger partial charge in [0.05, 0.1) is 18.7 Å². The van der Waals surface area contributed by atoms with Crippen molar-refractivity contribution in [2.75, 3.05) is 6.61 Å². The summed E-state index contributed by atoms with van der Waals surface area (Å²) in [6, 6.07) is 1.73. The highest BCUT2D eigenvalue weighted by atomic mass is 32.1. The number of benzene rings is 1. The topological polar surface area (TPSA) is 39.2 Å². The van der Waals surface area contributed by atoms with Crippen molar-refractivity contribution < 1.29 is 22.7 Å².